The molecule has 6 heteroatoms. The van der Waals surface area contributed by atoms with Crippen LogP contribution in [-0.2, 0) is 4.74 Å². The summed E-state index contributed by atoms with van der Waals surface area (Å²) in [5.74, 6) is 0.861. The van der Waals surface area contributed by atoms with Crippen molar-refractivity contribution in [1.82, 2.24) is 9.88 Å². The summed E-state index contributed by atoms with van der Waals surface area (Å²) < 4.78 is 5.56. The van der Waals surface area contributed by atoms with E-state index in [4.69, 9.17) is 4.74 Å². The Morgan fingerprint density at radius 3 is 2.95 bits per heavy atom. The number of urea groups is 1. The molecule has 1 N–H and O–H groups in total. The number of morpholine rings is 1. The molecule has 2 rings (SSSR count). The number of hydrogen-bond acceptors (Lipinski definition) is 4. The number of nitrogens with one attached hydrogen (secondary N) is 1. The summed E-state index contributed by atoms with van der Waals surface area (Å²) in [6.07, 6.45) is 2.73. The largest absolute Gasteiger partial charge is 0.375 e. The van der Waals surface area contributed by atoms with E-state index in [0.717, 1.165) is 12.2 Å². The van der Waals surface area contributed by atoms with Gasteiger partial charge in [0.15, 0.2) is 0 Å². The number of carbonyl (C=O) groups excluding carboxylic acids is 1. The summed E-state index contributed by atoms with van der Waals surface area (Å²) in [5.41, 5.74) is 0.708. The first-order chi connectivity index (χ1) is 9.60. The first-order valence-electron chi connectivity index (χ1n) is 6.91. The van der Waals surface area contributed by atoms with Gasteiger partial charge in [0.1, 0.15) is 5.82 Å². The Kier molecular flexibility index (Phi) is 4.79. The highest BCUT2D eigenvalue weighted by molar-refractivity contribution is 5.89. The van der Waals surface area contributed by atoms with Crippen LogP contribution in [-0.4, -0.2) is 55.8 Å². The van der Waals surface area contributed by atoms with Crippen LogP contribution >= 0.6 is 0 Å². The second-order valence-corrected chi connectivity index (χ2v) is 5.08. The molecule has 1 aromatic rings. The van der Waals surface area contributed by atoms with Crippen LogP contribution in [0.25, 0.3) is 0 Å². The number of nitrogens with zero attached hydrogens (tertiary/aromatic N) is 3. The van der Waals surface area contributed by atoms with Crippen LogP contribution in [0.4, 0.5) is 16.3 Å². The molecular weight excluding hydrogens is 256 g/mol. The third-order valence-corrected chi connectivity index (χ3v) is 3.34. The molecule has 0 unspecified atom stereocenters. The van der Waals surface area contributed by atoms with Gasteiger partial charge in [0.2, 0.25) is 0 Å². The van der Waals surface area contributed by atoms with Gasteiger partial charge in [-0.25, -0.2) is 9.78 Å². The zero-order valence-electron chi connectivity index (χ0n) is 12.3. The second-order valence-electron chi connectivity index (χ2n) is 5.08. The fraction of sp³-hybridized carbons (Fsp3) is 0.571. The molecule has 1 aliphatic rings. The van der Waals surface area contributed by atoms with Gasteiger partial charge in [-0.2, -0.15) is 0 Å². The Morgan fingerprint density at radius 2 is 2.35 bits per heavy atom. The van der Waals surface area contributed by atoms with E-state index in [1.807, 2.05) is 31.1 Å². The monoisotopic (exact) mass is 278 g/mol. The molecule has 6 nitrogen and oxygen atoms in total. The molecule has 1 aromatic heterocycles. The number of pyridine rings is 1. The number of ether oxygens (including phenoxy) is 1. The van der Waals surface area contributed by atoms with Gasteiger partial charge >= 0.3 is 6.03 Å². The zero-order chi connectivity index (χ0) is 14.5. The Bertz CT molecular complexity index is 447. The van der Waals surface area contributed by atoms with Gasteiger partial charge in [-0.05, 0) is 18.6 Å². The third-order valence-electron chi connectivity index (χ3n) is 3.34. The maximum atomic E-state index is 12.2. The van der Waals surface area contributed by atoms with Crippen molar-refractivity contribution in [3.63, 3.8) is 0 Å². The molecule has 0 spiro atoms. The summed E-state index contributed by atoms with van der Waals surface area (Å²) >= 11 is 0. The summed E-state index contributed by atoms with van der Waals surface area (Å²) in [4.78, 5) is 20.1. The average Bonchev–Trinajstić information content (AvgIpc) is 2.47. The fourth-order valence-electron chi connectivity index (χ4n) is 2.08. The molecule has 0 aliphatic carbocycles. The standard InChI is InChI=1S/C14H22N4O2/c1-4-12-10-18(7-8-20-12)14(19)16-11-5-6-13(15-9-11)17(2)3/h5-6,9,12H,4,7-8,10H2,1-3H3,(H,16,19)/t12-/m0/s1. The van der Waals surface area contributed by atoms with Crippen molar-refractivity contribution >= 4 is 17.5 Å². The predicted octanol–water partition coefficient (Wildman–Crippen LogP) is 1.79. The van der Waals surface area contributed by atoms with Crippen molar-refractivity contribution in [2.75, 3.05) is 44.0 Å². The molecule has 1 saturated heterocycles. The molecule has 1 fully saturated rings. The second kappa shape index (κ2) is 6.56. The van der Waals surface area contributed by atoms with Crippen LogP contribution in [0, 0.1) is 0 Å². The highest BCUT2D eigenvalue weighted by atomic mass is 16.5. The Hall–Kier alpha value is -1.82. The lowest BCUT2D eigenvalue weighted by molar-refractivity contribution is -0.0134. The van der Waals surface area contributed by atoms with Crippen LogP contribution in [0.3, 0.4) is 0 Å². The smallest absolute Gasteiger partial charge is 0.322 e. The summed E-state index contributed by atoms with van der Waals surface area (Å²) in [5, 5.41) is 2.87. The molecule has 110 valence electrons. The van der Waals surface area contributed by atoms with Crippen LogP contribution in [0.15, 0.2) is 18.3 Å². The van der Waals surface area contributed by atoms with Crippen LogP contribution in [0.2, 0.25) is 0 Å². The highest BCUT2D eigenvalue weighted by Crippen LogP contribution is 2.14. The van der Waals surface area contributed by atoms with E-state index >= 15 is 0 Å². The Labute approximate surface area is 119 Å². The maximum absolute atomic E-state index is 12.2. The Balaban J connectivity index is 1.93. The number of rotatable bonds is 3. The van der Waals surface area contributed by atoms with Gasteiger partial charge < -0.3 is 19.9 Å². The topological polar surface area (TPSA) is 57.7 Å². The molecule has 2 heterocycles. The third kappa shape index (κ3) is 3.60. The first-order valence-corrected chi connectivity index (χ1v) is 6.91. The van der Waals surface area contributed by atoms with E-state index in [-0.39, 0.29) is 12.1 Å². The predicted molar refractivity (Wildman–Crippen MR) is 79.2 cm³/mol. The molecule has 0 radical (unpaired) electrons. The van der Waals surface area contributed by atoms with E-state index in [1.165, 1.54) is 0 Å². The lowest BCUT2D eigenvalue weighted by Crippen LogP contribution is -2.47. The average molecular weight is 278 g/mol. The minimum Gasteiger partial charge on any atom is -0.375 e. The minimum atomic E-state index is -0.0915. The number of carbonyl (C=O) groups is 1. The molecule has 20 heavy (non-hydrogen) atoms. The van der Waals surface area contributed by atoms with Crippen molar-refractivity contribution in [2.45, 2.75) is 19.4 Å². The SMILES string of the molecule is CC[C@H]1CN(C(=O)Nc2ccc(N(C)C)nc2)CCO1. The quantitative estimate of drug-likeness (QED) is 0.916. The molecule has 1 atom stereocenters. The van der Waals surface area contributed by atoms with Crippen molar-refractivity contribution in [3.05, 3.63) is 18.3 Å². The number of hydrogen-bond donors (Lipinski definition) is 1. The van der Waals surface area contributed by atoms with E-state index < -0.39 is 0 Å². The molecule has 0 saturated carbocycles. The number of amides is 2. The molecule has 1 aliphatic heterocycles. The maximum Gasteiger partial charge on any atom is 0.322 e. The molecule has 0 aromatic carbocycles. The van der Waals surface area contributed by atoms with Gasteiger partial charge in [-0.15, -0.1) is 0 Å². The van der Waals surface area contributed by atoms with E-state index in [0.29, 0.717) is 25.4 Å². The van der Waals surface area contributed by atoms with Gasteiger partial charge in [-0.1, -0.05) is 6.92 Å². The summed E-state index contributed by atoms with van der Waals surface area (Å²) in [6.45, 7) is 3.94. The summed E-state index contributed by atoms with van der Waals surface area (Å²) in [7, 11) is 3.86. The van der Waals surface area contributed by atoms with E-state index in [1.54, 1.807) is 11.1 Å². The van der Waals surface area contributed by atoms with Crippen molar-refractivity contribution in [1.29, 1.82) is 0 Å². The van der Waals surface area contributed by atoms with Crippen molar-refractivity contribution < 1.29 is 9.53 Å². The molecular formula is C14H22N4O2. The lowest BCUT2D eigenvalue weighted by atomic mass is 10.2. The highest BCUT2D eigenvalue weighted by Gasteiger charge is 2.23. The van der Waals surface area contributed by atoms with Crippen LogP contribution in [0.5, 0.6) is 0 Å². The number of anilines is 2. The molecule has 2 amide bonds. The normalized spacial score (nSPS) is 18.8. The van der Waals surface area contributed by atoms with Gasteiger partial charge in [0.05, 0.1) is 24.6 Å². The lowest BCUT2D eigenvalue weighted by Gasteiger charge is -2.32. The molecule has 0 bridgehead atoms. The van der Waals surface area contributed by atoms with Crippen LogP contribution < -0.4 is 10.2 Å². The van der Waals surface area contributed by atoms with Gasteiger partial charge in [0, 0.05) is 27.2 Å². The minimum absolute atomic E-state index is 0.0915. The fourth-order valence-corrected chi connectivity index (χ4v) is 2.08. The van der Waals surface area contributed by atoms with Gasteiger partial charge in [-0.3, -0.25) is 0 Å². The van der Waals surface area contributed by atoms with Gasteiger partial charge in [0.25, 0.3) is 0 Å². The summed E-state index contributed by atoms with van der Waals surface area (Å²) in [6, 6.07) is 3.65. The van der Waals surface area contributed by atoms with E-state index in [2.05, 4.69) is 17.2 Å². The van der Waals surface area contributed by atoms with E-state index in [9.17, 15) is 4.79 Å². The Morgan fingerprint density at radius 1 is 1.55 bits per heavy atom. The zero-order valence-corrected chi connectivity index (χ0v) is 12.3. The van der Waals surface area contributed by atoms with Crippen LogP contribution in [0.1, 0.15) is 13.3 Å². The first kappa shape index (κ1) is 14.6. The number of aromatic nitrogens is 1. The van der Waals surface area contributed by atoms with Crippen molar-refractivity contribution in [2.24, 2.45) is 0 Å². The van der Waals surface area contributed by atoms with Crippen molar-refractivity contribution in [3.8, 4) is 0 Å².